The molecule has 3 nitrogen and oxygen atoms in total. The summed E-state index contributed by atoms with van der Waals surface area (Å²) in [6.07, 6.45) is 5.43. The fourth-order valence-corrected chi connectivity index (χ4v) is 1.17. The summed E-state index contributed by atoms with van der Waals surface area (Å²) in [4.78, 5) is 8.38. The summed E-state index contributed by atoms with van der Waals surface area (Å²) in [5.41, 5.74) is 1.93. The van der Waals surface area contributed by atoms with E-state index in [-0.39, 0.29) is 0 Å². The van der Waals surface area contributed by atoms with Gasteiger partial charge in [-0.05, 0) is 13.0 Å². The van der Waals surface area contributed by atoms with E-state index in [4.69, 9.17) is 0 Å². The highest BCUT2D eigenvalue weighted by Crippen LogP contribution is 2.08. The highest BCUT2D eigenvalue weighted by atomic mass is 15.0. The van der Waals surface area contributed by atoms with Gasteiger partial charge in [-0.15, -0.1) is 0 Å². The van der Waals surface area contributed by atoms with Gasteiger partial charge < -0.3 is 4.57 Å². The summed E-state index contributed by atoms with van der Waals surface area (Å²) in [5.74, 6) is 0. The van der Waals surface area contributed by atoms with Crippen molar-refractivity contribution in [2.75, 3.05) is 0 Å². The van der Waals surface area contributed by atoms with E-state index in [1.54, 1.807) is 12.4 Å². The van der Waals surface area contributed by atoms with Crippen molar-refractivity contribution >= 4 is 11.2 Å². The third-order valence-corrected chi connectivity index (χ3v) is 1.73. The molecule has 0 N–H and O–H groups in total. The quantitative estimate of drug-likeness (QED) is 0.611. The predicted molar refractivity (Wildman–Crippen MR) is 43.2 cm³/mol. The fourth-order valence-electron chi connectivity index (χ4n) is 1.17. The number of hydrogen-bond donors (Lipinski definition) is 0. The zero-order valence-corrected chi connectivity index (χ0v) is 6.36. The number of aromatic nitrogens is 3. The Morgan fingerprint density at radius 3 is 3.00 bits per heavy atom. The molecule has 2 rings (SSSR count). The van der Waals surface area contributed by atoms with Gasteiger partial charge in [-0.1, -0.05) is 0 Å². The average molecular weight is 147 g/mol. The van der Waals surface area contributed by atoms with Crippen LogP contribution in [-0.2, 0) is 6.54 Å². The van der Waals surface area contributed by atoms with Gasteiger partial charge in [0.05, 0.1) is 0 Å². The van der Waals surface area contributed by atoms with E-state index in [1.165, 1.54) is 0 Å². The van der Waals surface area contributed by atoms with Gasteiger partial charge in [0.25, 0.3) is 0 Å². The van der Waals surface area contributed by atoms with E-state index in [0.717, 1.165) is 17.7 Å². The van der Waals surface area contributed by atoms with Gasteiger partial charge >= 0.3 is 0 Å². The molecule has 56 valence electrons. The third kappa shape index (κ3) is 0.888. The van der Waals surface area contributed by atoms with Crippen LogP contribution in [0.1, 0.15) is 6.92 Å². The maximum atomic E-state index is 4.21. The second-order valence-electron chi connectivity index (χ2n) is 2.37. The lowest BCUT2D eigenvalue weighted by molar-refractivity contribution is 0.787. The first-order chi connectivity index (χ1) is 5.42. The molecule has 0 amide bonds. The van der Waals surface area contributed by atoms with Crippen LogP contribution in [0.5, 0.6) is 0 Å². The molecule has 2 aromatic heterocycles. The molecule has 0 aromatic carbocycles. The van der Waals surface area contributed by atoms with Crippen LogP contribution in [0.15, 0.2) is 24.7 Å². The second-order valence-corrected chi connectivity index (χ2v) is 2.37. The molecular weight excluding hydrogens is 138 g/mol. The molecule has 0 saturated heterocycles. The van der Waals surface area contributed by atoms with Crippen molar-refractivity contribution in [2.24, 2.45) is 0 Å². The Morgan fingerprint density at radius 1 is 1.36 bits per heavy atom. The zero-order valence-electron chi connectivity index (χ0n) is 6.36. The normalized spacial score (nSPS) is 10.6. The van der Waals surface area contributed by atoms with Crippen molar-refractivity contribution in [3.05, 3.63) is 24.7 Å². The third-order valence-electron chi connectivity index (χ3n) is 1.73. The van der Waals surface area contributed by atoms with Crippen LogP contribution in [0.4, 0.5) is 0 Å². The van der Waals surface area contributed by atoms with E-state index < -0.39 is 0 Å². The molecule has 0 spiro atoms. The molecule has 2 heterocycles. The Bertz CT molecular complexity index is 364. The topological polar surface area (TPSA) is 30.7 Å². The van der Waals surface area contributed by atoms with Crippen LogP contribution >= 0.6 is 0 Å². The van der Waals surface area contributed by atoms with Gasteiger partial charge in [0.2, 0.25) is 0 Å². The lowest BCUT2D eigenvalue weighted by Gasteiger charge is -1.96. The molecule has 0 aliphatic heterocycles. The van der Waals surface area contributed by atoms with E-state index in [1.807, 2.05) is 12.3 Å². The minimum Gasteiger partial charge on any atom is -0.331 e. The van der Waals surface area contributed by atoms with Gasteiger partial charge in [0.1, 0.15) is 5.52 Å². The summed E-state index contributed by atoms with van der Waals surface area (Å²) in [5, 5.41) is 0. The maximum Gasteiger partial charge on any atom is 0.158 e. The fraction of sp³-hybridized carbons (Fsp3) is 0.250. The highest BCUT2D eigenvalue weighted by molar-refractivity contribution is 5.70. The molecule has 0 radical (unpaired) electrons. The Morgan fingerprint density at radius 2 is 2.18 bits per heavy atom. The number of rotatable bonds is 1. The van der Waals surface area contributed by atoms with Gasteiger partial charge in [-0.2, -0.15) is 0 Å². The number of nitrogens with zero attached hydrogens (tertiary/aromatic N) is 3. The minimum absolute atomic E-state index is 0.947. The Kier molecular flexibility index (Phi) is 1.35. The van der Waals surface area contributed by atoms with E-state index in [2.05, 4.69) is 21.5 Å². The van der Waals surface area contributed by atoms with E-state index >= 15 is 0 Å². The van der Waals surface area contributed by atoms with Crippen LogP contribution in [0.25, 0.3) is 11.2 Å². The van der Waals surface area contributed by atoms with Crippen LogP contribution < -0.4 is 0 Å². The van der Waals surface area contributed by atoms with Gasteiger partial charge in [-0.3, -0.25) is 4.98 Å². The van der Waals surface area contributed by atoms with Crippen molar-refractivity contribution in [1.29, 1.82) is 0 Å². The molecule has 3 heteroatoms. The molecule has 0 unspecified atom stereocenters. The molecule has 2 aromatic rings. The summed E-state index contributed by atoms with van der Waals surface area (Å²) < 4.78 is 2.07. The summed E-state index contributed by atoms with van der Waals surface area (Å²) in [7, 11) is 0. The van der Waals surface area contributed by atoms with Crippen LogP contribution in [0, 0.1) is 0 Å². The molecule has 11 heavy (non-hydrogen) atoms. The first-order valence-corrected chi connectivity index (χ1v) is 3.67. The maximum absolute atomic E-state index is 4.21. The Labute approximate surface area is 64.7 Å². The number of fused-ring (bicyclic) bond motifs is 1. The minimum atomic E-state index is 0.947. The van der Waals surface area contributed by atoms with Crippen molar-refractivity contribution < 1.29 is 0 Å². The molecule has 0 fully saturated rings. The van der Waals surface area contributed by atoms with E-state index in [9.17, 15) is 0 Å². The summed E-state index contributed by atoms with van der Waals surface area (Å²) in [6.45, 7) is 3.04. The van der Waals surface area contributed by atoms with Crippen LogP contribution in [-0.4, -0.2) is 14.5 Å². The second kappa shape index (κ2) is 2.34. The molecular formula is C8H9N3. The van der Waals surface area contributed by atoms with Crippen molar-refractivity contribution in [2.45, 2.75) is 13.5 Å². The lowest BCUT2D eigenvalue weighted by atomic mass is 10.5. The van der Waals surface area contributed by atoms with E-state index in [0.29, 0.717) is 0 Å². The molecule has 0 saturated carbocycles. The molecule has 0 bridgehead atoms. The number of hydrogen-bond acceptors (Lipinski definition) is 2. The largest absolute Gasteiger partial charge is 0.331 e. The molecule has 0 aliphatic carbocycles. The number of aryl methyl sites for hydroxylation is 1. The Balaban J connectivity index is 2.76. The van der Waals surface area contributed by atoms with Crippen molar-refractivity contribution in [3.8, 4) is 0 Å². The standard InChI is InChI=1S/C8H9N3/c1-2-11-6-3-7-8(11)10-5-4-9-7/h3-6H,2H2,1H3. The summed E-state index contributed by atoms with van der Waals surface area (Å²) in [6, 6.07) is 1.98. The van der Waals surface area contributed by atoms with Gasteiger partial charge in [0.15, 0.2) is 5.65 Å². The van der Waals surface area contributed by atoms with Crippen LogP contribution in [0.2, 0.25) is 0 Å². The Hall–Kier alpha value is -1.38. The first-order valence-electron chi connectivity index (χ1n) is 3.67. The SMILES string of the molecule is CCn1ccc2nccnc21. The highest BCUT2D eigenvalue weighted by Gasteiger charge is 1.98. The average Bonchev–Trinajstić information content (AvgIpc) is 2.47. The molecule has 0 aliphatic rings. The first kappa shape index (κ1) is 6.34. The monoisotopic (exact) mass is 147 g/mol. The van der Waals surface area contributed by atoms with Gasteiger partial charge in [0, 0.05) is 25.1 Å². The lowest BCUT2D eigenvalue weighted by Crippen LogP contribution is -1.92. The smallest absolute Gasteiger partial charge is 0.158 e. The van der Waals surface area contributed by atoms with Crippen molar-refractivity contribution in [3.63, 3.8) is 0 Å². The molecule has 0 atom stereocenters. The summed E-state index contributed by atoms with van der Waals surface area (Å²) >= 11 is 0. The zero-order chi connectivity index (χ0) is 7.68. The van der Waals surface area contributed by atoms with Crippen LogP contribution in [0.3, 0.4) is 0 Å². The van der Waals surface area contributed by atoms with Gasteiger partial charge in [-0.25, -0.2) is 4.98 Å². The predicted octanol–water partition coefficient (Wildman–Crippen LogP) is 1.45. The van der Waals surface area contributed by atoms with Crippen molar-refractivity contribution in [1.82, 2.24) is 14.5 Å².